The Kier molecular flexibility index (Phi) is 5.11. The van der Waals surface area contributed by atoms with Gasteiger partial charge in [-0.2, -0.15) is 4.91 Å². The first-order valence-electron chi connectivity index (χ1n) is 9.89. The molecular formula is C23H24N4O3. The third-order valence-electron chi connectivity index (χ3n) is 5.11. The Bertz CT molecular complexity index is 1070. The number of imidazole rings is 1. The van der Waals surface area contributed by atoms with E-state index >= 15 is 0 Å². The van der Waals surface area contributed by atoms with E-state index in [0.29, 0.717) is 12.1 Å². The minimum Gasteiger partial charge on any atom is -0.444 e. The summed E-state index contributed by atoms with van der Waals surface area (Å²) < 4.78 is 7.36. The van der Waals surface area contributed by atoms with Crippen LogP contribution in [0.15, 0.2) is 66.2 Å². The lowest BCUT2D eigenvalue weighted by atomic mass is 9.94. The minimum absolute atomic E-state index is 0.000893. The zero-order chi connectivity index (χ0) is 21.3. The van der Waals surface area contributed by atoms with Gasteiger partial charge >= 0.3 is 6.09 Å². The maximum Gasteiger partial charge on any atom is 0.412 e. The van der Waals surface area contributed by atoms with Gasteiger partial charge in [0.2, 0.25) is 0 Å². The average Bonchev–Trinajstić information content (AvgIpc) is 3.27. The molecule has 2 unspecified atom stereocenters. The molecule has 154 valence electrons. The molecule has 30 heavy (non-hydrogen) atoms. The number of hydrogen-bond acceptors (Lipinski definition) is 5. The number of nitrogens with zero attached hydrogens (tertiary/aromatic N) is 3. The summed E-state index contributed by atoms with van der Waals surface area (Å²) in [6.07, 6.45) is 3.66. The van der Waals surface area contributed by atoms with Gasteiger partial charge in [0.25, 0.3) is 0 Å². The van der Waals surface area contributed by atoms with Crippen LogP contribution < -0.4 is 5.32 Å². The second kappa shape index (κ2) is 7.74. The van der Waals surface area contributed by atoms with Crippen LogP contribution in [0.5, 0.6) is 0 Å². The molecule has 3 aromatic rings. The Morgan fingerprint density at radius 2 is 1.93 bits per heavy atom. The molecule has 0 fully saturated rings. The van der Waals surface area contributed by atoms with E-state index in [9.17, 15) is 9.70 Å². The molecule has 1 aromatic heterocycles. The second-order valence-electron chi connectivity index (χ2n) is 8.40. The minimum atomic E-state index is -0.569. The molecule has 7 heteroatoms. The third kappa shape index (κ3) is 3.96. The number of nitrogens with one attached hydrogen (secondary N) is 1. The SMILES string of the molecule is CC(C)(C)OC(=O)Nc1ccc(C(CC2c3ccccc3-c3cncn32)N=O)cc1. The summed E-state index contributed by atoms with van der Waals surface area (Å²) in [6, 6.07) is 14.8. The van der Waals surface area contributed by atoms with Crippen LogP contribution in [0.3, 0.4) is 0 Å². The van der Waals surface area contributed by atoms with Crippen LogP contribution in [0.4, 0.5) is 10.5 Å². The zero-order valence-electron chi connectivity index (χ0n) is 17.2. The van der Waals surface area contributed by atoms with Crippen LogP contribution in [0.2, 0.25) is 0 Å². The van der Waals surface area contributed by atoms with Crippen LogP contribution in [-0.4, -0.2) is 21.2 Å². The first-order valence-corrected chi connectivity index (χ1v) is 9.89. The number of hydrogen-bond donors (Lipinski definition) is 1. The molecule has 1 aliphatic rings. The Morgan fingerprint density at radius 3 is 2.63 bits per heavy atom. The highest BCUT2D eigenvalue weighted by Crippen LogP contribution is 2.43. The number of carbonyl (C=O) groups excluding carboxylic acids is 1. The fourth-order valence-electron chi connectivity index (χ4n) is 3.83. The van der Waals surface area contributed by atoms with Crippen molar-refractivity contribution < 1.29 is 9.53 Å². The van der Waals surface area contributed by atoms with Gasteiger partial charge in [-0.25, -0.2) is 9.78 Å². The monoisotopic (exact) mass is 404 g/mol. The van der Waals surface area contributed by atoms with Gasteiger partial charge in [0.05, 0.1) is 24.3 Å². The van der Waals surface area contributed by atoms with Crippen molar-refractivity contribution in [2.24, 2.45) is 5.18 Å². The molecule has 1 amide bonds. The number of amides is 1. The van der Waals surface area contributed by atoms with Crippen LogP contribution in [0, 0.1) is 4.91 Å². The quantitative estimate of drug-likeness (QED) is 0.553. The number of aromatic nitrogens is 2. The van der Waals surface area contributed by atoms with E-state index in [1.807, 2.05) is 51.2 Å². The number of rotatable bonds is 5. The molecule has 4 rings (SSSR count). The van der Waals surface area contributed by atoms with Crippen molar-refractivity contribution in [2.75, 3.05) is 5.32 Å². The predicted molar refractivity (Wildman–Crippen MR) is 115 cm³/mol. The maximum atomic E-state index is 11.9. The summed E-state index contributed by atoms with van der Waals surface area (Å²) in [6.45, 7) is 5.43. The average molecular weight is 404 g/mol. The lowest BCUT2D eigenvalue weighted by Crippen LogP contribution is -2.27. The number of carbonyl (C=O) groups is 1. The van der Waals surface area contributed by atoms with E-state index in [1.54, 1.807) is 18.5 Å². The number of anilines is 1. The molecule has 0 radical (unpaired) electrons. The Balaban J connectivity index is 1.50. The van der Waals surface area contributed by atoms with Crippen LogP contribution in [0.1, 0.15) is 50.4 Å². The molecule has 7 nitrogen and oxygen atoms in total. The van der Waals surface area contributed by atoms with Crippen molar-refractivity contribution in [3.8, 4) is 11.3 Å². The Labute approximate surface area is 175 Å². The lowest BCUT2D eigenvalue weighted by molar-refractivity contribution is 0.0636. The highest BCUT2D eigenvalue weighted by atomic mass is 16.6. The summed E-state index contributed by atoms with van der Waals surface area (Å²) in [5, 5.41) is 6.09. The zero-order valence-corrected chi connectivity index (χ0v) is 17.2. The van der Waals surface area contributed by atoms with Gasteiger partial charge in [0.1, 0.15) is 11.6 Å². The Morgan fingerprint density at radius 1 is 1.20 bits per heavy atom. The van der Waals surface area contributed by atoms with Gasteiger partial charge in [-0.3, -0.25) is 5.32 Å². The summed E-state index contributed by atoms with van der Waals surface area (Å²) in [7, 11) is 0. The van der Waals surface area contributed by atoms with Crippen molar-refractivity contribution in [3.05, 3.63) is 77.1 Å². The van der Waals surface area contributed by atoms with Crippen LogP contribution in [0.25, 0.3) is 11.3 Å². The largest absolute Gasteiger partial charge is 0.444 e. The molecule has 0 aliphatic carbocycles. The van der Waals surface area contributed by atoms with Crippen molar-refractivity contribution in [2.45, 2.75) is 44.9 Å². The standard InChI is InChI=1S/C23H24N4O3/c1-23(2,3)30-22(28)25-16-10-8-15(9-11-16)19(26-29)12-20-17-6-4-5-7-18(17)21-13-24-14-27(20)21/h4-11,13-14,19-20H,12H2,1-3H3,(H,25,28). The maximum absolute atomic E-state index is 11.9. The van der Waals surface area contributed by atoms with Crippen LogP contribution >= 0.6 is 0 Å². The fraction of sp³-hybridized carbons (Fsp3) is 0.304. The second-order valence-corrected chi connectivity index (χ2v) is 8.40. The van der Waals surface area contributed by atoms with Crippen molar-refractivity contribution in [3.63, 3.8) is 0 Å². The fourth-order valence-corrected chi connectivity index (χ4v) is 3.83. The number of benzene rings is 2. The molecule has 2 aromatic carbocycles. The van der Waals surface area contributed by atoms with Crippen molar-refractivity contribution in [1.82, 2.24) is 9.55 Å². The number of fused-ring (bicyclic) bond motifs is 3. The van der Waals surface area contributed by atoms with E-state index in [-0.39, 0.29) is 6.04 Å². The first-order chi connectivity index (χ1) is 14.4. The molecule has 1 N–H and O–H groups in total. The summed E-state index contributed by atoms with van der Waals surface area (Å²) in [5.74, 6) is 0. The summed E-state index contributed by atoms with van der Waals surface area (Å²) >= 11 is 0. The van der Waals surface area contributed by atoms with Gasteiger partial charge in [-0.1, -0.05) is 41.6 Å². The topological polar surface area (TPSA) is 85.6 Å². The summed E-state index contributed by atoms with van der Waals surface area (Å²) in [5.41, 5.74) is 4.19. The smallest absolute Gasteiger partial charge is 0.412 e. The molecule has 0 spiro atoms. The molecule has 2 heterocycles. The first kappa shape index (κ1) is 19.8. The van der Waals surface area contributed by atoms with E-state index in [4.69, 9.17) is 4.74 Å². The number of ether oxygens (including phenoxy) is 1. The van der Waals surface area contributed by atoms with Gasteiger partial charge in [-0.05, 0) is 44.0 Å². The van der Waals surface area contributed by atoms with Crippen molar-refractivity contribution in [1.29, 1.82) is 0 Å². The van der Waals surface area contributed by atoms with Gasteiger partial charge in [-0.15, -0.1) is 0 Å². The highest BCUT2D eigenvalue weighted by molar-refractivity contribution is 5.84. The van der Waals surface area contributed by atoms with Gasteiger partial charge < -0.3 is 9.30 Å². The summed E-state index contributed by atoms with van der Waals surface area (Å²) in [4.78, 5) is 27.9. The molecule has 1 aliphatic heterocycles. The van der Waals surface area contributed by atoms with Crippen LogP contribution in [-0.2, 0) is 4.74 Å². The van der Waals surface area contributed by atoms with Crippen molar-refractivity contribution >= 4 is 11.8 Å². The van der Waals surface area contributed by atoms with E-state index in [1.165, 1.54) is 5.56 Å². The molecular weight excluding hydrogens is 380 g/mol. The molecule has 0 saturated carbocycles. The Hall–Kier alpha value is -3.48. The molecule has 0 saturated heterocycles. The van der Waals surface area contributed by atoms with Gasteiger partial charge in [0, 0.05) is 17.7 Å². The van der Waals surface area contributed by atoms with E-state index < -0.39 is 17.7 Å². The normalized spacial score (nSPS) is 15.8. The lowest BCUT2D eigenvalue weighted by Gasteiger charge is -2.20. The molecule has 2 atom stereocenters. The third-order valence-corrected chi connectivity index (χ3v) is 5.11. The predicted octanol–water partition coefficient (Wildman–Crippen LogP) is 5.70. The number of nitroso groups, excluding NO2 is 1. The van der Waals surface area contributed by atoms with E-state index in [0.717, 1.165) is 16.8 Å². The molecule has 0 bridgehead atoms. The van der Waals surface area contributed by atoms with Gasteiger partial charge in [0.15, 0.2) is 0 Å². The van der Waals surface area contributed by atoms with E-state index in [2.05, 4.69) is 32.2 Å². The highest BCUT2D eigenvalue weighted by Gasteiger charge is 2.31.